The molecule has 5 nitrogen and oxygen atoms in total. The first-order valence-electron chi connectivity index (χ1n) is 5.77. The molecule has 1 unspecified atom stereocenters. The Morgan fingerprint density at radius 2 is 2.18 bits per heavy atom. The molecule has 2 heterocycles. The van der Waals surface area contributed by atoms with E-state index >= 15 is 0 Å². The number of nitrogens with one attached hydrogen (secondary N) is 1. The van der Waals surface area contributed by atoms with Crippen LogP contribution < -0.4 is 5.32 Å². The van der Waals surface area contributed by atoms with Gasteiger partial charge in [0.05, 0.1) is 0 Å². The van der Waals surface area contributed by atoms with E-state index in [1.807, 2.05) is 6.07 Å². The van der Waals surface area contributed by atoms with Crippen LogP contribution in [-0.4, -0.2) is 66.3 Å². The summed E-state index contributed by atoms with van der Waals surface area (Å²) in [6.45, 7) is 4.19. The van der Waals surface area contributed by atoms with Gasteiger partial charge < -0.3 is 10.2 Å². The van der Waals surface area contributed by atoms with Crippen molar-refractivity contribution in [2.45, 2.75) is 6.04 Å². The summed E-state index contributed by atoms with van der Waals surface area (Å²) in [5.74, 6) is 0.774. The predicted octanol–water partition coefficient (Wildman–Crippen LogP) is 0.788. The van der Waals surface area contributed by atoms with Gasteiger partial charge >= 0.3 is 0 Å². The van der Waals surface area contributed by atoms with E-state index in [0.29, 0.717) is 11.2 Å². The summed E-state index contributed by atoms with van der Waals surface area (Å²) in [7, 11) is 4.31. The van der Waals surface area contributed by atoms with Crippen LogP contribution in [-0.2, 0) is 0 Å². The van der Waals surface area contributed by atoms with Gasteiger partial charge in [-0.15, -0.1) is 10.2 Å². The standard InChI is InChI=1S/C11H18ClN5/c1-16-5-6-17(2)9(8-16)7-13-11-4-3-10(12)14-15-11/h3-4,9H,5-8H2,1-2H3,(H,13,15). The number of hydrogen-bond donors (Lipinski definition) is 1. The largest absolute Gasteiger partial charge is 0.367 e. The second-order valence-corrected chi connectivity index (χ2v) is 4.91. The SMILES string of the molecule is CN1CCN(C)C(CNc2ccc(Cl)nn2)C1. The first-order chi connectivity index (χ1) is 8.15. The fraction of sp³-hybridized carbons (Fsp3) is 0.636. The molecule has 0 bridgehead atoms. The van der Waals surface area contributed by atoms with Crippen molar-refractivity contribution in [2.24, 2.45) is 0 Å². The third-order valence-corrected chi connectivity index (χ3v) is 3.33. The van der Waals surface area contributed by atoms with Crippen LogP contribution in [0.5, 0.6) is 0 Å². The number of likely N-dealkylation sites (N-methyl/N-ethyl adjacent to an activating group) is 2. The quantitative estimate of drug-likeness (QED) is 0.865. The Labute approximate surface area is 107 Å². The molecule has 94 valence electrons. The Morgan fingerprint density at radius 1 is 1.35 bits per heavy atom. The van der Waals surface area contributed by atoms with Crippen molar-refractivity contribution in [3.63, 3.8) is 0 Å². The summed E-state index contributed by atoms with van der Waals surface area (Å²) in [5, 5.41) is 11.5. The number of halogens is 1. The van der Waals surface area contributed by atoms with E-state index in [-0.39, 0.29) is 0 Å². The predicted molar refractivity (Wildman–Crippen MR) is 69.4 cm³/mol. The summed E-state index contributed by atoms with van der Waals surface area (Å²) < 4.78 is 0. The van der Waals surface area contributed by atoms with Crippen LogP contribution in [0.2, 0.25) is 5.15 Å². The zero-order chi connectivity index (χ0) is 12.3. The van der Waals surface area contributed by atoms with E-state index in [1.165, 1.54) is 0 Å². The van der Waals surface area contributed by atoms with Gasteiger partial charge in [0.2, 0.25) is 0 Å². The smallest absolute Gasteiger partial charge is 0.151 e. The summed E-state index contributed by atoms with van der Waals surface area (Å²) in [6.07, 6.45) is 0. The molecule has 1 aliphatic heterocycles. The van der Waals surface area contributed by atoms with Gasteiger partial charge in [0.1, 0.15) is 5.82 Å². The van der Waals surface area contributed by atoms with Crippen molar-refractivity contribution in [3.8, 4) is 0 Å². The molecule has 1 saturated heterocycles. The molecule has 17 heavy (non-hydrogen) atoms. The van der Waals surface area contributed by atoms with Crippen molar-refractivity contribution in [1.82, 2.24) is 20.0 Å². The lowest BCUT2D eigenvalue weighted by molar-refractivity contribution is 0.122. The molecule has 1 N–H and O–H groups in total. The molecule has 0 spiro atoms. The van der Waals surface area contributed by atoms with Crippen molar-refractivity contribution in [1.29, 1.82) is 0 Å². The van der Waals surface area contributed by atoms with E-state index in [2.05, 4.69) is 39.4 Å². The number of hydrogen-bond acceptors (Lipinski definition) is 5. The van der Waals surface area contributed by atoms with Crippen molar-refractivity contribution in [3.05, 3.63) is 17.3 Å². The maximum atomic E-state index is 5.69. The topological polar surface area (TPSA) is 44.3 Å². The molecular formula is C11H18ClN5. The highest BCUT2D eigenvalue weighted by molar-refractivity contribution is 6.29. The van der Waals surface area contributed by atoms with Crippen LogP contribution in [0.15, 0.2) is 12.1 Å². The van der Waals surface area contributed by atoms with Crippen LogP contribution in [0, 0.1) is 0 Å². The van der Waals surface area contributed by atoms with Crippen molar-refractivity contribution < 1.29 is 0 Å². The number of rotatable bonds is 3. The maximum absolute atomic E-state index is 5.69. The van der Waals surface area contributed by atoms with Gasteiger partial charge in [0.15, 0.2) is 5.15 Å². The summed E-state index contributed by atoms with van der Waals surface area (Å²) in [4.78, 5) is 4.72. The first-order valence-corrected chi connectivity index (χ1v) is 6.15. The average molecular weight is 256 g/mol. The summed E-state index contributed by atoms with van der Waals surface area (Å²) >= 11 is 5.69. The monoisotopic (exact) mass is 255 g/mol. The number of aromatic nitrogens is 2. The minimum atomic E-state index is 0.421. The lowest BCUT2D eigenvalue weighted by atomic mass is 10.2. The Hall–Kier alpha value is -0.910. The van der Waals surface area contributed by atoms with Crippen LogP contribution in [0.4, 0.5) is 5.82 Å². The molecule has 1 aromatic rings. The Balaban J connectivity index is 1.86. The molecule has 1 aromatic heterocycles. The zero-order valence-electron chi connectivity index (χ0n) is 10.2. The molecule has 2 rings (SSSR count). The highest BCUT2D eigenvalue weighted by Gasteiger charge is 2.21. The average Bonchev–Trinajstić information content (AvgIpc) is 2.32. The molecule has 1 aliphatic rings. The van der Waals surface area contributed by atoms with Gasteiger partial charge in [-0.2, -0.15) is 0 Å². The molecule has 0 aromatic carbocycles. The number of nitrogens with zero attached hydrogens (tertiary/aromatic N) is 4. The lowest BCUT2D eigenvalue weighted by Gasteiger charge is -2.37. The highest BCUT2D eigenvalue weighted by Crippen LogP contribution is 2.09. The Bertz CT molecular complexity index is 355. The van der Waals surface area contributed by atoms with Crippen LogP contribution in [0.3, 0.4) is 0 Å². The zero-order valence-corrected chi connectivity index (χ0v) is 11.0. The fourth-order valence-electron chi connectivity index (χ4n) is 1.95. The van der Waals surface area contributed by atoms with E-state index in [4.69, 9.17) is 11.6 Å². The van der Waals surface area contributed by atoms with Crippen LogP contribution >= 0.6 is 11.6 Å². The van der Waals surface area contributed by atoms with Crippen LogP contribution in [0.1, 0.15) is 0 Å². The minimum absolute atomic E-state index is 0.421. The summed E-state index contributed by atoms with van der Waals surface area (Å²) in [5.41, 5.74) is 0. The van der Waals surface area contributed by atoms with Crippen LogP contribution in [0.25, 0.3) is 0 Å². The lowest BCUT2D eigenvalue weighted by Crippen LogP contribution is -2.52. The van der Waals surface area contributed by atoms with E-state index in [0.717, 1.165) is 32.0 Å². The van der Waals surface area contributed by atoms with Crippen molar-refractivity contribution >= 4 is 17.4 Å². The molecule has 6 heteroatoms. The molecule has 0 aliphatic carbocycles. The van der Waals surface area contributed by atoms with Gasteiger partial charge in [-0.05, 0) is 26.2 Å². The van der Waals surface area contributed by atoms with E-state index < -0.39 is 0 Å². The molecule has 0 saturated carbocycles. The molecular weight excluding hydrogens is 238 g/mol. The van der Waals surface area contributed by atoms with Gasteiger partial charge in [-0.1, -0.05) is 11.6 Å². The number of piperazine rings is 1. The fourth-order valence-corrected chi connectivity index (χ4v) is 2.06. The molecule has 0 radical (unpaired) electrons. The highest BCUT2D eigenvalue weighted by atomic mass is 35.5. The molecule has 0 amide bonds. The first kappa shape index (κ1) is 12.5. The normalized spacial score (nSPS) is 22.6. The van der Waals surface area contributed by atoms with Gasteiger partial charge in [0, 0.05) is 32.2 Å². The third-order valence-electron chi connectivity index (χ3n) is 3.13. The van der Waals surface area contributed by atoms with Gasteiger partial charge in [0.25, 0.3) is 0 Å². The molecule has 1 atom stereocenters. The van der Waals surface area contributed by atoms with E-state index in [1.54, 1.807) is 6.07 Å². The minimum Gasteiger partial charge on any atom is -0.367 e. The number of anilines is 1. The summed E-state index contributed by atoms with van der Waals surface area (Å²) in [6, 6.07) is 4.10. The second-order valence-electron chi connectivity index (χ2n) is 4.52. The molecule has 1 fully saturated rings. The second kappa shape index (κ2) is 5.62. The maximum Gasteiger partial charge on any atom is 0.151 e. The van der Waals surface area contributed by atoms with Gasteiger partial charge in [-0.3, -0.25) is 4.90 Å². The third kappa shape index (κ3) is 3.52. The van der Waals surface area contributed by atoms with Crippen molar-refractivity contribution in [2.75, 3.05) is 45.6 Å². The Morgan fingerprint density at radius 3 is 2.88 bits per heavy atom. The van der Waals surface area contributed by atoms with Gasteiger partial charge in [-0.25, -0.2) is 0 Å². The Kier molecular flexibility index (Phi) is 4.15. The van der Waals surface area contributed by atoms with E-state index in [9.17, 15) is 0 Å².